The molecule has 52 valence electrons. The van der Waals surface area contributed by atoms with Gasteiger partial charge in [-0.1, -0.05) is 15.9 Å². The summed E-state index contributed by atoms with van der Waals surface area (Å²) in [6.45, 7) is 0.236. The molecule has 1 N–H and O–H groups in total. The highest BCUT2D eigenvalue weighted by molar-refractivity contribution is 9.09. The molecule has 0 aliphatic carbocycles. The highest BCUT2D eigenvalue weighted by Gasteiger charge is 1.59. The van der Waals surface area contributed by atoms with Gasteiger partial charge in [0, 0.05) is 5.33 Å². The molecule has 2 nitrogen and oxygen atoms in total. The summed E-state index contributed by atoms with van der Waals surface area (Å²) in [5.74, 6) is 0. The van der Waals surface area contributed by atoms with Gasteiger partial charge in [0.05, 0.1) is 6.61 Å². The van der Waals surface area contributed by atoms with Gasteiger partial charge in [-0.2, -0.15) is 0 Å². The third-order valence-electron chi connectivity index (χ3n) is 0.0845. The monoisotopic (exact) mass is 183 g/mol. The van der Waals surface area contributed by atoms with E-state index in [1.165, 1.54) is 0 Å². The Kier molecular flexibility index (Phi) is 14.6. The normalized spacial score (nSPS) is 8.25. The van der Waals surface area contributed by atoms with E-state index in [9.17, 15) is 0 Å². The Hall–Kier alpha value is 0.400. The smallest absolute Gasteiger partial charge is 0.0528 e. The van der Waals surface area contributed by atoms with Crippen LogP contribution in [0, 0.1) is 0 Å². The number of aliphatic hydroxyl groups is 1. The SMILES string of the molecule is CN(C)C.OCCBr. The Labute approximate surface area is 59.6 Å². The second-order valence-electron chi connectivity index (χ2n) is 1.75. The van der Waals surface area contributed by atoms with Crippen LogP contribution in [0.3, 0.4) is 0 Å². The molecule has 0 saturated heterocycles. The Morgan fingerprint density at radius 3 is 1.50 bits per heavy atom. The van der Waals surface area contributed by atoms with Gasteiger partial charge in [0.2, 0.25) is 0 Å². The van der Waals surface area contributed by atoms with E-state index in [1.54, 1.807) is 0 Å². The third-order valence-corrected chi connectivity index (χ3v) is 0.439. The molecule has 0 aromatic rings. The molecule has 0 saturated carbocycles. The third kappa shape index (κ3) is 95.2. The zero-order chi connectivity index (χ0) is 6.99. The number of alkyl halides is 1. The second-order valence-corrected chi connectivity index (χ2v) is 2.55. The van der Waals surface area contributed by atoms with E-state index in [4.69, 9.17) is 5.11 Å². The summed E-state index contributed by atoms with van der Waals surface area (Å²) in [7, 11) is 6.00. The molecule has 0 fully saturated rings. The first kappa shape index (κ1) is 11.2. The van der Waals surface area contributed by atoms with Gasteiger partial charge in [0.1, 0.15) is 0 Å². The quantitative estimate of drug-likeness (QED) is 0.601. The van der Waals surface area contributed by atoms with Gasteiger partial charge < -0.3 is 10.0 Å². The van der Waals surface area contributed by atoms with Crippen molar-refractivity contribution in [3.63, 3.8) is 0 Å². The summed E-state index contributed by atoms with van der Waals surface area (Å²) >= 11 is 3.00. The maximum Gasteiger partial charge on any atom is 0.0528 e. The van der Waals surface area contributed by atoms with Crippen molar-refractivity contribution in [2.45, 2.75) is 0 Å². The molecule has 0 amide bonds. The van der Waals surface area contributed by atoms with Gasteiger partial charge >= 0.3 is 0 Å². The van der Waals surface area contributed by atoms with Crippen molar-refractivity contribution in [2.75, 3.05) is 33.1 Å². The van der Waals surface area contributed by atoms with E-state index >= 15 is 0 Å². The van der Waals surface area contributed by atoms with Gasteiger partial charge in [-0.15, -0.1) is 0 Å². The van der Waals surface area contributed by atoms with Gasteiger partial charge in [-0.25, -0.2) is 0 Å². The fourth-order valence-electron chi connectivity index (χ4n) is 0. The molecule has 0 aliphatic heterocycles. The van der Waals surface area contributed by atoms with Crippen LogP contribution in [-0.2, 0) is 0 Å². The molecule has 0 bridgehead atoms. The number of aliphatic hydroxyl groups excluding tert-OH is 1. The van der Waals surface area contributed by atoms with Crippen LogP contribution in [0.15, 0.2) is 0 Å². The molecule has 0 aliphatic rings. The minimum Gasteiger partial charge on any atom is -0.396 e. The van der Waals surface area contributed by atoms with Crippen LogP contribution >= 0.6 is 15.9 Å². The molecular weight excluding hydrogens is 170 g/mol. The summed E-state index contributed by atoms with van der Waals surface area (Å²) in [6.07, 6.45) is 0. The molecular formula is C5H14BrNO. The first-order chi connectivity index (χ1) is 3.65. The van der Waals surface area contributed by atoms with Crippen molar-refractivity contribution in [1.82, 2.24) is 4.90 Å². The molecule has 0 atom stereocenters. The number of halogens is 1. The molecule has 0 radical (unpaired) electrons. The predicted molar refractivity (Wildman–Crippen MR) is 40.5 cm³/mol. The lowest BCUT2D eigenvalue weighted by atomic mass is 10.9. The topological polar surface area (TPSA) is 23.5 Å². The Morgan fingerprint density at radius 1 is 1.38 bits per heavy atom. The average molecular weight is 184 g/mol. The van der Waals surface area contributed by atoms with E-state index < -0.39 is 0 Å². The Bertz CT molecular complexity index is 28.9. The van der Waals surface area contributed by atoms with Crippen LogP contribution in [0.4, 0.5) is 0 Å². The van der Waals surface area contributed by atoms with Gasteiger partial charge in [0.25, 0.3) is 0 Å². The Balaban J connectivity index is 0. The molecule has 8 heavy (non-hydrogen) atoms. The van der Waals surface area contributed by atoms with Crippen molar-refractivity contribution in [2.24, 2.45) is 0 Å². The zero-order valence-corrected chi connectivity index (χ0v) is 7.27. The molecule has 0 unspecified atom stereocenters. The van der Waals surface area contributed by atoms with Crippen LogP contribution in [0.2, 0.25) is 0 Å². The standard InChI is InChI=1S/C3H9N.C2H5BrO/c1-4(2)3;3-1-2-4/h1-3H3;4H,1-2H2. The summed E-state index contributed by atoms with van der Waals surface area (Å²) in [5, 5.41) is 8.52. The van der Waals surface area contributed by atoms with Crippen LogP contribution in [0.5, 0.6) is 0 Å². The minimum atomic E-state index is 0.236. The molecule has 0 spiro atoms. The van der Waals surface area contributed by atoms with Crippen LogP contribution in [0.25, 0.3) is 0 Å². The second kappa shape index (κ2) is 10.4. The fraction of sp³-hybridized carbons (Fsp3) is 1.00. The fourth-order valence-corrected chi connectivity index (χ4v) is 0. The van der Waals surface area contributed by atoms with E-state index in [2.05, 4.69) is 15.9 Å². The maximum atomic E-state index is 7.83. The van der Waals surface area contributed by atoms with Crippen molar-refractivity contribution < 1.29 is 5.11 Å². The van der Waals surface area contributed by atoms with Crippen molar-refractivity contribution in [3.05, 3.63) is 0 Å². The summed E-state index contributed by atoms with van der Waals surface area (Å²) in [5.41, 5.74) is 0. The molecule has 0 heterocycles. The summed E-state index contributed by atoms with van der Waals surface area (Å²) in [6, 6.07) is 0. The highest BCUT2D eigenvalue weighted by Crippen LogP contribution is 1.69. The largest absolute Gasteiger partial charge is 0.396 e. The first-order valence-corrected chi connectivity index (χ1v) is 3.55. The minimum absolute atomic E-state index is 0.236. The Morgan fingerprint density at radius 2 is 1.50 bits per heavy atom. The van der Waals surface area contributed by atoms with E-state index in [0.29, 0.717) is 5.33 Å². The average Bonchev–Trinajstić information content (AvgIpc) is 1.65. The van der Waals surface area contributed by atoms with Crippen molar-refractivity contribution in [1.29, 1.82) is 0 Å². The number of rotatable bonds is 1. The van der Waals surface area contributed by atoms with Gasteiger partial charge in [0.15, 0.2) is 0 Å². The van der Waals surface area contributed by atoms with E-state index in [0.717, 1.165) is 0 Å². The van der Waals surface area contributed by atoms with Crippen molar-refractivity contribution >= 4 is 15.9 Å². The molecule has 0 aromatic heterocycles. The molecule has 0 aromatic carbocycles. The lowest BCUT2D eigenvalue weighted by Gasteiger charge is -1.90. The van der Waals surface area contributed by atoms with Crippen LogP contribution < -0.4 is 0 Å². The van der Waals surface area contributed by atoms with Gasteiger partial charge in [-0.05, 0) is 21.1 Å². The van der Waals surface area contributed by atoms with Crippen LogP contribution in [0.1, 0.15) is 0 Å². The van der Waals surface area contributed by atoms with Crippen LogP contribution in [-0.4, -0.2) is 43.1 Å². The zero-order valence-electron chi connectivity index (χ0n) is 5.69. The van der Waals surface area contributed by atoms with Gasteiger partial charge in [-0.3, -0.25) is 0 Å². The number of nitrogens with zero attached hydrogens (tertiary/aromatic N) is 1. The maximum absolute atomic E-state index is 7.83. The lowest BCUT2D eigenvalue weighted by Crippen LogP contribution is -1.99. The predicted octanol–water partition coefficient (Wildman–Crippen LogP) is 0.551. The van der Waals surface area contributed by atoms with Crippen molar-refractivity contribution in [3.8, 4) is 0 Å². The summed E-state index contributed by atoms with van der Waals surface area (Å²) in [4.78, 5) is 2.00. The summed E-state index contributed by atoms with van der Waals surface area (Å²) < 4.78 is 0. The van der Waals surface area contributed by atoms with E-state index in [-0.39, 0.29) is 6.61 Å². The number of hydrogen-bond donors (Lipinski definition) is 1. The molecule has 0 rings (SSSR count). The highest BCUT2D eigenvalue weighted by atomic mass is 79.9. The van der Waals surface area contributed by atoms with E-state index in [1.807, 2.05) is 26.0 Å². The lowest BCUT2D eigenvalue weighted by molar-refractivity contribution is 0.324. The molecule has 3 heteroatoms. The first-order valence-electron chi connectivity index (χ1n) is 2.43. The number of hydrogen-bond acceptors (Lipinski definition) is 2.